The summed E-state index contributed by atoms with van der Waals surface area (Å²) in [7, 11) is -2.47. The van der Waals surface area contributed by atoms with E-state index < -0.39 is 28.5 Å². The summed E-state index contributed by atoms with van der Waals surface area (Å²) >= 11 is 0. The zero-order valence-electron chi connectivity index (χ0n) is 27.5. The topological polar surface area (TPSA) is 46.2 Å². The molecule has 2 aliphatic heterocycles. The first-order valence-electron chi connectivity index (χ1n) is 14.8. The van der Waals surface area contributed by atoms with Crippen molar-refractivity contribution in [1.82, 2.24) is 0 Å². The Hall–Kier alpha value is -0.206. The van der Waals surface area contributed by atoms with E-state index in [4.69, 9.17) is 29.5 Å². The van der Waals surface area contributed by atoms with E-state index >= 15 is 0 Å². The van der Waals surface area contributed by atoms with E-state index in [2.05, 4.69) is 108 Å². The van der Waals surface area contributed by atoms with Crippen molar-refractivity contribution in [2.75, 3.05) is 7.11 Å². The quantitative estimate of drug-likeness (QED) is 0.231. The van der Waals surface area contributed by atoms with Gasteiger partial charge in [-0.25, -0.2) is 0 Å². The second-order valence-electron chi connectivity index (χ2n) is 15.5. The molecule has 7 heteroatoms. The molecule has 0 N–H and O–H groups in total. The van der Waals surface area contributed by atoms with Crippen LogP contribution in [0.1, 0.15) is 82.6 Å². The van der Waals surface area contributed by atoms with Crippen molar-refractivity contribution in [3.05, 3.63) is 0 Å². The Kier molecular flexibility index (Phi) is 10.4. The normalized spacial score (nSPS) is 36.4. The van der Waals surface area contributed by atoms with Gasteiger partial charge in [0.1, 0.15) is 12.2 Å². The molecule has 0 saturated carbocycles. The Morgan fingerprint density at radius 1 is 0.842 bits per heavy atom. The van der Waals surface area contributed by atoms with Gasteiger partial charge < -0.3 is 23.1 Å². The van der Waals surface area contributed by atoms with Gasteiger partial charge in [0.15, 0.2) is 22.4 Å². The molecule has 38 heavy (non-hydrogen) atoms. The largest absolute Gasteiger partial charge is 0.413 e. The molecule has 2 rings (SSSR count). The van der Waals surface area contributed by atoms with E-state index in [0.29, 0.717) is 12.3 Å². The van der Waals surface area contributed by atoms with Gasteiger partial charge in [-0.15, -0.1) is 6.42 Å². The zero-order valence-corrected chi connectivity index (χ0v) is 29.5. The van der Waals surface area contributed by atoms with Gasteiger partial charge in [0, 0.05) is 31.3 Å². The van der Waals surface area contributed by atoms with Gasteiger partial charge >= 0.3 is 0 Å². The van der Waals surface area contributed by atoms with E-state index in [1.807, 2.05) is 0 Å². The summed E-state index contributed by atoms with van der Waals surface area (Å²) in [6.07, 6.45) is 5.76. The molecule has 2 saturated heterocycles. The van der Waals surface area contributed by atoms with Crippen molar-refractivity contribution in [3.8, 4) is 12.3 Å². The molecule has 2 aliphatic rings. The predicted octanol–water partition coefficient (Wildman–Crippen LogP) is 7.86. The molecule has 5 nitrogen and oxygen atoms in total. The zero-order chi connectivity index (χ0) is 29.6. The first kappa shape index (κ1) is 34.0. The van der Waals surface area contributed by atoms with Crippen LogP contribution >= 0.6 is 0 Å². The van der Waals surface area contributed by atoms with Crippen LogP contribution in [-0.4, -0.2) is 60.1 Å². The lowest BCUT2D eigenvalue weighted by atomic mass is 9.73. The van der Waals surface area contributed by atoms with Gasteiger partial charge in [0.05, 0.1) is 18.3 Å². The molecule has 0 amide bonds. The first-order chi connectivity index (χ1) is 17.0. The van der Waals surface area contributed by atoms with Crippen LogP contribution in [-0.2, 0) is 23.1 Å². The Balaban J connectivity index is 2.64. The molecule has 0 radical (unpaired) electrons. The van der Waals surface area contributed by atoms with Gasteiger partial charge in [-0.05, 0) is 42.2 Å². The van der Waals surface area contributed by atoms with E-state index in [1.54, 1.807) is 7.11 Å². The van der Waals surface area contributed by atoms with Crippen molar-refractivity contribution < 1.29 is 23.1 Å². The summed E-state index contributed by atoms with van der Waals surface area (Å²) < 4.78 is 34.3. The molecule has 1 spiro atoms. The van der Waals surface area contributed by atoms with Crippen molar-refractivity contribution in [2.24, 2.45) is 23.7 Å². The highest BCUT2D eigenvalue weighted by atomic mass is 28.4. The van der Waals surface area contributed by atoms with Crippen molar-refractivity contribution in [2.45, 2.75) is 155 Å². The summed E-state index contributed by atoms with van der Waals surface area (Å²) in [5, 5.41) is 0.191. The molecule has 0 aromatic heterocycles. The van der Waals surface area contributed by atoms with Crippen LogP contribution in [0.4, 0.5) is 0 Å². The van der Waals surface area contributed by atoms with Gasteiger partial charge in [-0.2, -0.15) is 0 Å². The number of hydrogen-bond acceptors (Lipinski definition) is 5. The fraction of sp³-hybridized carbons (Fsp3) is 0.935. The van der Waals surface area contributed by atoms with Crippen LogP contribution in [0.25, 0.3) is 0 Å². The average Bonchev–Trinajstić information content (AvgIpc) is 2.76. The van der Waals surface area contributed by atoms with E-state index in [9.17, 15) is 0 Å². The molecule has 0 aromatic rings. The average molecular weight is 569 g/mol. The van der Waals surface area contributed by atoms with E-state index in [0.717, 1.165) is 0 Å². The lowest BCUT2D eigenvalue weighted by molar-refractivity contribution is -0.387. The third kappa shape index (κ3) is 6.64. The van der Waals surface area contributed by atoms with Gasteiger partial charge in [-0.3, -0.25) is 0 Å². The lowest BCUT2D eigenvalue weighted by Gasteiger charge is -2.60. The lowest BCUT2D eigenvalue weighted by Crippen LogP contribution is -2.68. The molecule has 0 aromatic carbocycles. The minimum Gasteiger partial charge on any atom is -0.413 e. The van der Waals surface area contributed by atoms with Crippen LogP contribution in [0.5, 0.6) is 0 Å². The summed E-state index contributed by atoms with van der Waals surface area (Å²) in [4.78, 5) is 0. The fourth-order valence-electron chi connectivity index (χ4n) is 5.58. The Morgan fingerprint density at radius 2 is 1.32 bits per heavy atom. The summed E-state index contributed by atoms with van der Waals surface area (Å²) in [6.45, 7) is 34.3. The third-order valence-electron chi connectivity index (χ3n) is 10.3. The number of ether oxygens (including phenoxy) is 3. The standard InChI is InChI=1S/C31H60O5Si2/c1-18-24(32-13)28-22(5)27(36-38(16,17)30(10,11)12)23(6)31(34-28)19-25(21(4)26(33-31)20(2)3)35-37(14,15)29(7,8)9/h1,20-28H,19H2,2-17H3/t21-,22-,23-,24-,25+,26+,27+,28+,31-/m0/s1. The maximum absolute atomic E-state index is 7.20. The fourth-order valence-corrected chi connectivity index (χ4v) is 8.44. The SMILES string of the molecule is C#C[C@H](OC)[C@@H]1O[C@@]2(C[C@@H](O[Si](C)(C)C(C)(C)C)[C@H](C)[C@@H](C(C)C)O2)[C@@H](C)[C@H](O[Si](C)(C)C(C)(C)C)[C@@H]1C. The minimum absolute atomic E-state index is 0.00239. The van der Waals surface area contributed by atoms with Crippen LogP contribution in [0.3, 0.4) is 0 Å². The third-order valence-corrected chi connectivity index (χ3v) is 19.3. The van der Waals surface area contributed by atoms with Gasteiger partial charge in [0.2, 0.25) is 0 Å². The molecular weight excluding hydrogens is 509 g/mol. The highest BCUT2D eigenvalue weighted by Crippen LogP contribution is 2.52. The number of rotatable bonds is 7. The molecule has 0 unspecified atom stereocenters. The smallest absolute Gasteiger partial charge is 0.192 e. The van der Waals surface area contributed by atoms with Crippen LogP contribution in [0, 0.1) is 36.0 Å². The molecule has 2 fully saturated rings. The Morgan fingerprint density at radius 3 is 1.74 bits per heavy atom. The van der Waals surface area contributed by atoms with E-state index in [-0.39, 0.29) is 52.2 Å². The predicted molar refractivity (Wildman–Crippen MR) is 163 cm³/mol. The molecule has 0 bridgehead atoms. The summed E-state index contributed by atoms with van der Waals surface area (Å²) in [5.74, 6) is 2.58. The minimum atomic E-state index is -2.10. The molecule has 222 valence electrons. The number of terminal acetylenes is 1. The van der Waals surface area contributed by atoms with Crippen molar-refractivity contribution in [1.29, 1.82) is 0 Å². The highest BCUT2D eigenvalue weighted by Gasteiger charge is 2.61. The van der Waals surface area contributed by atoms with Crippen molar-refractivity contribution in [3.63, 3.8) is 0 Å². The van der Waals surface area contributed by atoms with Crippen LogP contribution in [0.2, 0.25) is 36.3 Å². The summed E-state index contributed by atoms with van der Waals surface area (Å²) in [5.41, 5.74) is 0. The maximum atomic E-state index is 7.20. The molecule has 2 heterocycles. The Labute approximate surface area is 237 Å². The van der Waals surface area contributed by atoms with E-state index in [1.165, 1.54) is 0 Å². The second-order valence-corrected chi connectivity index (χ2v) is 25.0. The molecular formula is C31H60O5Si2. The molecule has 0 aliphatic carbocycles. The Bertz CT molecular complexity index is 837. The van der Waals surface area contributed by atoms with Gasteiger partial charge in [-0.1, -0.05) is 82.1 Å². The maximum Gasteiger partial charge on any atom is 0.192 e. The van der Waals surface area contributed by atoms with Gasteiger partial charge in [0.25, 0.3) is 0 Å². The monoisotopic (exact) mass is 568 g/mol. The second kappa shape index (κ2) is 11.6. The molecule has 9 atom stereocenters. The summed E-state index contributed by atoms with van der Waals surface area (Å²) in [6, 6.07) is 0. The van der Waals surface area contributed by atoms with Crippen molar-refractivity contribution >= 4 is 16.6 Å². The highest BCUT2D eigenvalue weighted by molar-refractivity contribution is 6.74. The number of methoxy groups -OCH3 is 1. The van der Waals surface area contributed by atoms with Crippen LogP contribution in [0.15, 0.2) is 0 Å². The van der Waals surface area contributed by atoms with Crippen LogP contribution < -0.4 is 0 Å². The first-order valence-corrected chi connectivity index (χ1v) is 20.6. The number of hydrogen-bond donors (Lipinski definition) is 0.